The lowest BCUT2D eigenvalue weighted by Gasteiger charge is -2.39. The first-order chi connectivity index (χ1) is 10.0. The molecule has 0 saturated carbocycles. The Kier molecular flexibility index (Phi) is 5.76. The second kappa shape index (κ2) is 7.36. The van der Waals surface area contributed by atoms with E-state index in [-0.39, 0.29) is 6.54 Å². The zero-order chi connectivity index (χ0) is 15.3. The number of aliphatic hydroxyl groups is 1. The molecule has 1 aromatic rings. The van der Waals surface area contributed by atoms with Crippen molar-refractivity contribution in [1.29, 1.82) is 0 Å². The van der Waals surface area contributed by atoms with Crippen LogP contribution in [0.1, 0.15) is 19.4 Å². The minimum absolute atomic E-state index is 0.253. The van der Waals surface area contributed by atoms with Crippen LogP contribution in [0.2, 0.25) is 0 Å². The van der Waals surface area contributed by atoms with Crippen LogP contribution < -0.4 is 5.73 Å². The molecular formula is C17H29N3O. The van der Waals surface area contributed by atoms with Gasteiger partial charge in [0.1, 0.15) is 5.60 Å². The van der Waals surface area contributed by atoms with Crippen molar-refractivity contribution in [3.63, 3.8) is 0 Å². The number of piperazine rings is 1. The summed E-state index contributed by atoms with van der Waals surface area (Å²) in [6, 6.07) is 9.79. The van der Waals surface area contributed by atoms with E-state index in [1.165, 1.54) is 0 Å². The summed E-state index contributed by atoms with van der Waals surface area (Å²) >= 11 is 0. The minimum Gasteiger partial charge on any atom is -0.382 e. The molecule has 1 aromatic carbocycles. The van der Waals surface area contributed by atoms with E-state index in [0.717, 1.165) is 38.3 Å². The standard InChI is InChI=1S/C17H29N3O/c1-15(2)12-19-8-10-20(11-9-19)14-17(21,13-18)16-6-4-3-5-7-16/h3-7,15,21H,8-14,18H2,1-2H3. The van der Waals surface area contributed by atoms with Crippen molar-refractivity contribution in [2.75, 3.05) is 45.8 Å². The van der Waals surface area contributed by atoms with Crippen LogP contribution in [0.25, 0.3) is 0 Å². The number of β-amino-alcohol motifs (C(OH)–C–C–N with tert-alkyl or cyclic N) is 1. The maximum absolute atomic E-state index is 10.9. The average molecular weight is 291 g/mol. The molecule has 1 saturated heterocycles. The Labute approximate surface area is 128 Å². The molecule has 0 bridgehead atoms. The summed E-state index contributed by atoms with van der Waals surface area (Å²) in [5, 5.41) is 10.9. The number of hydrogen-bond donors (Lipinski definition) is 2. The van der Waals surface area contributed by atoms with Gasteiger partial charge in [0, 0.05) is 45.8 Å². The molecule has 2 rings (SSSR count). The number of nitrogens with two attached hydrogens (primary N) is 1. The fourth-order valence-corrected chi connectivity index (χ4v) is 3.04. The molecule has 0 aromatic heterocycles. The second-order valence-corrected chi connectivity index (χ2v) is 6.57. The summed E-state index contributed by atoms with van der Waals surface area (Å²) < 4.78 is 0. The van der Waals surface area contributed by atoms with Gasteiger partial charge in [-0.25, -0.2) is 0 Å². The van der Waals surface area contributed by atoms with Gasteiger partial charge in [-0.05, 0) is 11.5 Å². The number of rotatable bonds is 6. The van der Waals surface area contributed by atoms with Crippen LogP contribution in [0.3, 0.4) is 0 Å². The van der Waals surface area contributed by atoms with Gasteiger partial charge in [0.2, 0.25) is 0 Å². The third kappa shape index (κ3) is 4.51. The smallest absolute Gasteiger partial charge is 0.114 e. The van der Waals surface area contributed by atoms with Crippen LogP contribution in [0, 0.1) is 5.92 Å². The largest absolute Gasteiger partial charge is 0.382 e. The van der Waals surface area contributed by atoms with Crippen LogP contribution >= 0.6 is 0 Å². The molecule has 4 nitrogen and oxygen atoms in total. The third-order valence-corrected chi connectivity index (χ3v) is 4.22. The number of benzene rings is 1. The number of hydrogen-bond acceptors (Lipinski definition) is 4. The second-order valence-electron chi connectivity index (χ2n) is 6.57. The van der Waals surface area contributed by atoms with Crippen LogP contribution in [0.5, 0.6) is 0 Å². The lowest BCUT2D eigenvalue weighted by Crippen LogP contribution is -2.53. The molecule has 21 heavy (non-hydrogen) atoms. The fourth-order valence-electron chi connectivity index (χ4n) is 3.04. The van der Waals surface area contributed by atoms with Gasteiger partial charge < -0.3 is 15.7 Å². The SMILES string of the molecule is CC(C)CN1CCN(CC(O)(CN)c2ccccc2)CC1. The zero-order valence-electron chi connectivity index (χ0n) is 13.3. The minimum atomic E-state index is -0.943. The Morgan fingerprint density at radius 2 is 1.67 bits per heavy atom. The Bertz CT molecular complexity index is 415. The molecule has 0 radical (unpaired) electrons. The maximum Gasteiger partial charge on any atom is 0.114 e. The Balaban J connectivity index is 1.92. The van der Waals surface area contributed by atoms with Crippen molar-refractivity contribution in [3.8, 4) is 0 Å². The highest BCUT2D eigenvalue weighted by Gasteiger charge is 2.31. The van der Waals surface area contributed by atoms with E-state index < -0.39 is 5.60 Å². The number of nitrogens with zero attached hydrogens (tertiary/aromatic N) is 2. The van der Waals surface area contributed by atoms with Gasteiger partial charge in [-0.15, -0.1) is 0 Å². The summed E-state index contributed by atoms with van der Waals surface area (Å²) in [6.45, 7) is 10.7. The predicted octanol–water partition coefficient (Wildman–Crippen LogP) is 1.11. The van der Waals surface area contributed by atoms with Crippen molar-refractivity contribution >= 4 is 0 Å². The highest BCUT2D eigenvalue weighted by Crippen LogP contribution is 2.22. The van der Waals surface area contributed by atoms with E-state index in [2.05, 4.69) is 23.6 Å². The highest BCUT2D eigenvalue weighted by atomic mass is 16.3. The predicted molar refractivity (Wildman–Crippen MR) is 87.1 cm³/mol. The van der Waals surface area contributed by atoms with Crippen molar-refractivity contribution in [2.24, 2.45) is 11.7 Å². The molecule has 1 unspecified atom stereocenters. The van der Waals surface area contributed by atoms with Crippen LogP contribution in [-0.4, -0.2) is 60.7 Å². The van der Waals surface area contributed by atoms with Gasteiger partial charge >= 0.3 is 0 Å². The summed E-state index contributed by atoms with van der Waals surface area (Å²) in [7, 11) is 0. The summed E-state index contributed by atoms with van der Waals surface area (Å²) in [4.78, 5) is 4.84. The van der Waals surface area contributed by atoms with Gasteiger partial charge in [0.25, 0.3) is 0 Å². The molecular weight excluding hydrogens is 262 g/mol. The average Bonchev–Trinajstić information content (AvgIpc) is 2.49. The van der Waals surface area contributed by atoms with Gasteiger partial charge in [0.15, 0.2) is 0 Å². The molecule has 3 N–H and O–H groups in total. The Morgan fingerprint density at radius 1 is 1.10 bits per heavy atom. The van der Waals surface area contributed by atoms with Gasteiger partial charge in [-0.2, -0.15) is 0 Å². The maximum atomic E-state index is 10.9. The molecule has 1 aliphatic heterocycles. The molecule has 4 heteroatoms. The third-order valence-electron chi connectivity index (χ3n) is 4.22. The van der Waals surface area contributed by atoms with Crippen molar-refractivity contribution in [1.82, 2.24) is 9.80 Å². The van der Waals surface area contributed by atoms with E-state index in [1.807, 2.05) is 30.3 Å². The van der Waals surface area contributed by atoms with Crippen molar-refractivity contribution in [3.05, 3.63) is 35.9 Å². The van der Waals surface area contributed by atoms with Gasteiger partial charge in [0.05, 0.1) is 0 Å². The molecule has 0 spiro atoms. The first-order valence-corrected chi connectivity index (χ1v) is 7.96. The first-order valence-electron chi connectivity index (χ1n) is 7.96. The van der Waals surface area contributed by atoms with Crippen LogP contribution in [-0.2, 0) is 5.60 Å². The quantitative estimate of drug-likeness (QED) is 0.824. The Morgan fingerprint density at radius 3 is 2.19 bits per heavy atom. The molecule has 0 amide bonds. The zero-order valence-corrected chi connectivity index (χ0v) is 13.3. The lowest BCUT2D eigenvalue weighted by atomic mass is 9.93. The van der Waals surface area contributed by atoms with Crippen molar-refractivity contribution in [2.45, 2.75) is 19.4 Å². The normalized spacial score (nSPS) is 20.6. The van der Waals surface area contributed by atoms with Gasteiger partial charge in [-0.3, -0.25) is 4.90 Å². The van der Waals surface area contributed by atoms with E-state index in [4.69, 9.17) is 5.73 Å². The van der Waals surface area contributed by atoms with Crippen LogP contribution in [0.4, 0.5) is 0 Å². The first kappa shape index (κ1) is 16.4. The van der Waals surface area contributed by atoms with Gasteiger partial charge in [-0.1, -0.05) is 44.2 Å². The molecule has 0 aliphatic carbocycles. The Hall–Kier alpha value is -0.940. The summed E-state index contributed by atoms with van der Waals surface area (Å²) in [5.41, 5.74) is 5.83. The molecule has 1 heterocycles. The molecule has 1 atom stereocenters. The molecule has 1 fully saturated rings. The van der Waals surface area contributed by atoms with E-state index in [1.54, 1.807) is 0 Å². The van der Waals surface area contributed by atoms with E-state index >= 15 is 0 Å². The van der Waals surface area contributed by atoms with E-state index in [9.17, 15) is 5.11 Å². The molecule has 118 valence electrons. The summed E-state index contributed by atoms with van der Waals surface area (Å²) in [5.74, 6) is 0.710. The van der Waals surface area contributed by atoms with E-state index in [0.29, 0.717) is 12.5 Å². The van der Waals surface area contributed by atoms with Crippen LogP contribution in [0.15, 0.2) is 30.3 Å². The summed E-state index contributed by atoms with van der Waals surface area (Å²) in [6.07, 6.45) is 0. The highest BCUT2D eigenvalue weighted by molar-refractivity contribution is 5.23. The molecule has 1 aliphatic rings. The monoisotopic (exact) mass is 291 g/mol. The fraction of sp³-hybridized carbons (Fsp3) is 0.647. The lowest BCUT2D eigenvalue weighted by molar-refractivity contribution is -0.00806. The van der Waals surface area contributed by atoms with Crippen molar-refractivity contribution < 1.29 is 5.11 Å². The topological polar surface area (TPSA) is 52.7 Å².